The molecule has 2 aliphatic carbocycles. The van der Waals surface area contributed by atoms with E-state index in [4.69, 9.17) is 0 Å². The molecule has 0 aliphatic heterocycles. The van der Waals surface area contributed by atoms with Crippen molar-refractivity contribution in [2.75, 3.05) is 14.1 Å². The van der Waals surface area contributed by atoms with Crippen molar-refractivity contribution in [1.82, 2.24) is 4.90 Å². The molecule has 2 fully saturated rings. The van der Waals surface area contributed by atoms with Gasteiger partial charge in [-0.2, -0.15) is 0 Å². The highest BCUT2D eigenvalue weighted by molar-refractivity contribution is 4.81. The highest BCUT2D eigenvalue weighted by Crippen LogP contribution is 2.40. The molecule has 2 nitrogen and oxygen atoms in total. The Morgan fingerprint density at radius 3 is 1.88 bits per heavy atom. The van der Waals surface area contributed by atoms with E-state index in [2.05, 4.69) is 0 Å². The largest absolute Gasteiger partial charge is 0.378 e. The lowest BCUT2D eigenvalue weighted by atomic mass is 9.70. The summed E-state index contributed by atoms with van der Waals surface area (Å²) in [7, 11) is 3.97. The molecule has 0 amide bonds. The Kier molecular flexibility index (Phi) is 4.87. The molecule has 0 radical (unpaired) electrons. The average molecular weight is 239 g/mol. The molecular formula is C15H29NO. The molecule has 2 saturated carbocycles. The number of hydrogen-bond acceptors (Lipinski definition) is 2. The molecule has 1 N–H and O–H groups in total. The zero-order valence-electron chi connectivity index (χ0n) is 11.6. The van der Waals surface area contributed by atoms with Crippen LogP contribution in [-0.4, -0.2) is 30.3 Å². The van der Waals surface area contributed by atoms with Crippen molar-refractivity contribution >= 4 is 0 Å². The predicted molar refractivity (Wildman–Crippen MR) is 71.7 cm³/mol. The predicted octanol–water partition coefficient (Wildman–Crippen LogP) is 3.25. The molecule has 0 heterocycles. The van der Waals surface area contributed by atoms with Crippen LogP contribution in [0.15, 0.2) is 0 Å². The monoisotopic (exact) mass is 239 g/mol. The van der Waals surface area contributed by atoms with Gasteiger partial charge in [-0.3, -0.25) is 4.90 Å². The van der Waals surface area contributed by atoms with Crippen molar-refractivity contribution in [3.05, 3.63) is 0 Å². The summed E-state index contributed by atoms with van der Waals surface area (Å²) in [6.07, 6.45) is 12.3. The first-order valence-electron chi connectivity index (χ1n) is 7.53. The first kappa shape index (κ1) is 13.4. The summed E-state index contributed by atoms with van der Waals surface area (Å²) in [5, 5.41) is 10.1. The molecule has 0 spiro atoms. The van der Waals surface area contributed by atoms with E-state index in [0.717, 1.165) is 11.8 Å². The van der Waals surface area contributed by atoms with Gasteiger partial charge in [0.1, 0.15) is 6.23 Å². The van der Waals surface area contributed by atoms with Crippen molar-refractivity contribution in [2.45, 2.75) is 64.0 Å². The molecule has 0 aromatic rings. The molecule has 1 atom stereocenters. The Balaban J connectivity index is 1.77. The van der Waals surface area contributed by atoms with E-state index >= 15 is 0 Å². The molecule has 100 valence electrons. The summed E-state index contributed by atoms with van der Waals surface area (Å²) >= 11 is 0. The molecule has 0 bridgehead atoms. The van der Waals surface area contributed by atoms with E-state index in [1.807, 2.05) is 19.0 Å². The number of aliphatic hydroxyl groups is 1. The Hall–Kier alpha value is -0.0800. The van der Waals surface area contributed by atoms with Gasteiger partial charge in [-0.25, -0.2) is 0 Å². The zero-order valence-corrected chi connectivity index (χ0v) is 11.6. The fourth-order valence-electron chi connectivity index (χ4n) is 3.94. The maximum atomic E-state index is 10.1. The molecule has 17 heavy (non-hydrogen) atoms. The van der Waals surface area contributed by atoms with Crippen molar-refractivity contribution < 1.29 is 5.11 Å². The van der Waals surface area contributed by atoms with Gasteiger partial charge in [0.15, 0.2) is 0 Å². The van der Waals surface area contributed by atoms with Crippen LogP contribution in [0.1, 0.15) is 57.8 Å². The summed E-state index contributed by atoms with van der Waals surface area (Å²) < 4.78 is 0. The normalized spacial score (nSPS) is 33.9. The summed E-state index contributed by atoms with van der Waals surface area (Å²) in [4.78, 5) is 1.96. The second-order valence-electron chi connectivity index (χ2n) is 6.45. The third kappa shape index (κ3) is 3.45. The van der Waals surface area contributed by atoms with E-state index in [9.17, 15) is 5.11 Å². The van der Waals surface area contributed by atoms with Gasteiger partial charge in [-0.1, -0.05) is 32.1 Å². The van der Waals surface area contributed by atoms with Crippen LogP contribution in [0.25, 0.3) is 0 Å². The van der Waals surface area contributed by atoms with Crippen molar-refractivity contribution in [1.29, 1.82) is 0 Å². The number of nitrogens with zero attached hydrogens (tertiary/aromatic N) is 1. The Bertz CT molecular complexity index is 215. The highest BCUT2D eigenvalue weighted by Gasteiger charge is 2.31. The van der Waals surface area contributed by atoms with Crippen molar-refractivity contribution in [3.63, 3.8) is 0 Å². The standard InChI is InChI=1S/C15H29NO/c1-16(2)15(17)14-10-8-13(9-11-14)12-6-4-3-5-7-12/h12-15,17H,3-11H2,1-2H3. The lowest BCUT2D eigenvalue weighted by Crippen LogP contribution is -2.37. The Morgan fingerprint density at radius 1 is 0.824 bits per heavy atom. The topological polar surface area (TPSA) is 23.5 Å². The van der Waals surface area contributed by atoms with Crippen LogP contribution in [0.3, 0.4) is 0 Å². The summed E-state index contributed by atoms with van der Waals surface area (Å²) in [5.41, 5.74) is 0. The van der Waals surface area contributed by atoms with Crippen LogP contribution < -0.4 is 0 Å². The number of rotatable bonds is 3. The van der Waals surface area contributed by atoms with Crippen LogP contribution in [0.2, 0.25) is 0 Å². The maximum Gasteiger partial charge on any atom is 0.109 e. The molecular weight excluding hydrogens is 210 g/mol. The minimum Gasteiger partial charge on any atom is -0.378 e. The summed E-state index contributed by atoms with van der Waals surface area (Å²) in [6, 6.07) is 0. The van der Waals surface area contributed by atoms with Crippen LogP contribution in [0.5, 0.6) is 0 Å². The first-order chi connectivity index (χ1) is 8.18. The summed E-state index contributed by atoms with van der Waals surface area (Å²) in [5.74, 6) is 2.51. The molecule has 2 aliphatic rings. The Labute approximate surface area is 106 Å². The fraction of sp³-hybridized carbons (Fsp3) is 1.00. The number of hydrogen-bond donors (Lipinski definition) is 1. The molecule has 1 unspecified atom stereocenters. The lowest BCUT2D eigenvalue weighted by Gasteiger charge is -2.38. The lowest BCUT2D eigenvalue weighted by molar-refractivity contribution is -0.0317. The molecule has 2 heteroatoms. The van der Waals surface area contributed by atoms with Crippen LogP contribution in [-0.2, 0) is 0 Å². The van der Waals surface area contributed by atoms with Gasteiger partial charge in [0, 0.05) is 0 Å². The molecule has 0 saturated heterocycles. The van der Waals surface area contributed by atoms with E-state index in [1.54, 1.807) is 0 Å². The molecule has 0 aromatic carbocycles. The van der Waals surface area contributed by atoms with Gasteiger partial charge < -0.3 is 5.11 Å². The second-order valence-corrected chi connectivity index (χ2v) is 6.45. The van der Waals surface area contributed by atoms with Gasteiger partial charge in [-0.05, 0) is 57.5 Å². The van der Waals surface area contributed by atoms with Gasteiger partial charge in [0.05, 0.1) is 0 Å². The van der Waals surface area contributed by atoms with E-state index in [-0.39, 0.29) is 6.23 Å². The van der Waals surface area contributed by atoms with E-state index in [0.29, 0.717) is 5.92 Å². The number of aliphatic hydroxyl groups excluding tert-OH is 1. The maximum absolute atomic E-state index is 10.1. The SMILES string of the molecule is CN(C)C(O)C1CCC(C2CCCCC2)CC1. The minimum atomic E-state index is -0.220. The van der Waals surface area contributed by atoms with Gasteiger partial charge in [0.2, 0.25) is 0 Å². The fourth-order valence-corrected chi connectivity index (χ4v) is 3.94. The van der Waals surface area contributed by atoms with E-state index < -0.39 is 0 Å². The average Bonchev–Trinajstić information content (AvgIpc) is 2.39. The first-order valence-corrected chi connectivity index (χ1v) is 7.53. The third-order valence-corrected chi connectivity index (χ3v) is 5.08. The van der Waals surface area contributed by atoms with E-state index in [1.165, 1.54) is 57.8 Å². The smallest absolute Gasteiger partial charge is 0.109 e. The zero-order chi connectivity index (χ0) is 12.3. The quantitative estimate of drug-likeness (QED) is 0.764. The van der Waals surface area contributed by atoms with Crippen LogP contribution in [0.4, 0.5) is 0 Å². The van der Waals surface area contributed by atoms with Crippen molar-refractivity contribution in [2.24, 2.45) is 17.8 Å². The third-order valence-electron chi connectivity index (χ3n) is 5.08. The summed E-state index contributed by atoms with van der Waals surface area (Å²) in [6.45, 7) is 0. The van der Waals surface area contributed by atoms with Crippen molar-refractivity contribution in [3.8, 4) is 0 Å². The highest BCUT2D eigenvalue weighted by atomic mass is 16.3. The van der Waals surface area contributed by atoms with Crippen LogP contribution >= 0.6 is 0 Å². The second kappa shape index (κ2) is 6.19. The Morgan fingerprint density at radius 2 is 1.35 bits per heavy atom. The van der Waals surface area contributed by atoms with Crippen LogP contribution in [0, 0.1) is 17.8 Å². The van der Waals surface area contributed by atoms with Gasteiger partial charge in [0.25, 0.3) is 0 Å². The minimum absolute atomic E-state index is 0.220. The van der Waals surface area contributed by atoms with Gasteiger partial charge >= 0.3 is 0 Å². The molecule has 0 aromatic heterocycles. The van der Waals surface area contributed by atoms with Gasteiger partial charge in [-0.15, -0.1) is 0 Å². The molecule has 2 rings (SSSR count).